The quantitative estimate of drug-likeness (QED) is 0.882. The smallest absolute Gasteiger partial charge is 0.0767 e. The molecule has 1 aromatic heterocycles. The summed E-state index contributed by atoms with van der Waals surface area (Å²) >= 11 is 3.79. The van der Waals surface area contributed by atoms with Gasteiger partial charge >= 0.3 is 0 Å². The zero-order valence-corrected chi connectivity index (χ0v) is 15.0. The summed E-state index contributed by atoms with van der Waals surface area (Å²) in [6.07, 6.45) is 3.77. The van der Waals surface area contributed by atoms with Crippen molar-refractivity contribution in [2.24, 2.45) is 5.92 Å². The highest BCUT2D eigenvalue weighted by Crippen LogP contribution is 2.44. The highest BCUT2D eigenvalue weighted by molar-refractivity contribution is 9.10. The molecule has 1 aromatic rings. The standard InChI is InChI=1S/C16H27BrN4/c1-4-13-15(17)14(21(5-2)19-13)10-20-9-8-18-11-16(20,3)12-6-7-12/h12,18H,4-11H2,1-3H3. The molecule has 1 saturated carbocycles. The van der Waals surface area contributed by atoms with Crippen LogP contribution in [-0.2, 0) is 19.5 Å². The molecule has 2 aliphatic rings. The van der Waals surface area contributed by atoms with E-state index in [-0.39, 0.29) is 0 Å². The van der Waals surface area contributed by atoms with Crippen molar-refractivity contribution in [2.75, 3.05) is 19.6 Å². The van der Waals surface area contributed by atoms with Gasteiger partial charge in [-0.25, -0.2) is 0 Å². The Kier molecular flexibility index (Phi) is 4.44. The number of hydrogen-bond donors (Lipinski definition) is 1. The van der Waals surface area contributed by atoms with Crippen molar-refractivity contribution in [3.8, 4) is 0 Å². The van der Waals surface area contributed by atoms with Crippen LogP contribution < -0.4 is 5.32 Å². The van der Waals surface area contributed by atoms with Gasteiger partial charge in [0.15, 0.2) is 0 Å². The molecule has 3 rings (SSSR count). The summed E-state index contributed by atoms with van der Waals surface area (Å²) in [5.41, 5.74) is 2.85. The van der Waals surface area contributed by atoms with Gasteiger partial charge in [-0.05, 0) is 55.0 Å². The minimum atomic E-state index is 0.312. The summed E-state index contributed by atoms with van der Waals surface area (Å²) in [6.45, 7) is 12.1. The molecule has 0 amide bonds. The zero-order chi connectivity index (χ0) is 15.0. The van der Waals surface area contributed by atoms with Gasteiger partial charge in [0.2, 0.25) is 0 Å². The summed E-state index contributed by atoms with van der Waals surface area (Å²) in [5.74, 6) is 0.868. The number of nitrogens with one attached hydrogen (secondary N) is 1. The maximum atomic E-state index is 4.75. The molecule has 2 heterocycles. The highest BCUT2D eigenvalue weighted by Gasteiger charge is 2.46. The van der Waals surface area contributed by atoms with E-state index in [9.17, 15) is 0 Å². The molecule has 0 spiro atoms. The molecule has 118 valence electrons. The van der Waals surface area contributed by atoms with Crippen molar-refractivity contribution in [3.05, 3.63) is 15.9 Å². The molecule has 1 saturated heterocycles. The van der Waals surface area contributed by atoms with Crippen LogP contribution in [-0.4, -0.2) is 39.9 Å². The number of halogens is 1. The van der Waals surface area contributed by atoms with Gasteiger partial charge in [0.25, 0.3) is 0 Å². The predicted octanol–water partition coefficient (Wildman–Crippen LogP) is 2.80. The maximum Gasteiger partial charge on any atom is 0.0767 e. The van der Waals surface area contributed by atoms with Crippen LogP contribution >= 0.6 is 15.9 Å². The lowest BCUT2D eigenvalue weighted by Gasteiger charge is -2.46. The maximum absolute atomic E-state index is 4.75. The van der Waals surface area contributed by atoms with Crippen molar-refractivity contribution in [1.29, 1.82) is 0 Å². The molecule has 0 aromatic carbocycles. The van der Waals surface area contributed by atoms with Gasteiger partial charge in [-0.3, -0.25) is 9.58 Å². The van der Waals surface area contributed by atoms with Crippen molar-refractivity contribution in [1.82, 2.24) is 20.0 Å². The van der Waals surface area contributed by atoms with E-state index in [4.69, 9.17) is 5.10 Å². The first-order chi connectivity index (χ1) is 10.1. The van der Waals surface area contributed by atoms with Gasteiger partial charge in [-0.2, -0.15) is 5.10 Å². The Morgan fingerprint density at radius 2 is 2.14 bits per heavy atom. The molecular weight excluding hydrogens is 328 g/mol. The van der Waals surface area contributed by atoms with E-state index in [1.807, 2.05) is 0 Å². The number of nitrogens with zero attached hydrogens (tertiary/aromatic N) is 3. The second-order valence-electron chi connectivity index (χ2n) is 6.61. The van der Waals surface area contributed by atoms with Crippen LogP contribution in [0.3, 0.4) is 0 Å². The van der Waals surface area contributed by atoms with Gasteiger partial charge in [0, 0.05) is 38.3 Å². The van der Waals surface area contributed by atoms with E-state index in [0.717, 1.165) is 45.1 Å². The Labute approximate surface area is 136 Å². The first kappa shape index (κ1) is 15.5. The molecule has 5 heteroatoms. The molecule has 1 aliphatic carbocycles. The third-order valence-corrected chi connectivity index (χ3v) is 6.17. The van der Waals surface area contributed by atoms with E-state index in [2.05, 4.69) is 51.6 Å². The van der Waals surface area contributed by atoms with Gasteiger partial charge < -0.3 is 5.32 Å². The minimum absolute atomic E-state index is 0.312. The van der Waals surface area contributed by atoms with E-state index in [1.54, 1.807) is 0 Å². The molecule has 1 aliphatic heterocycles. The van der Waals surface area contributed by atoms with Crippen molar-refractivity contribution >= 4 is 15.9 Å². The fourth-order valence-corrected chi connectivity index (χ4v) is 4.33. The number of piperazine rings is 1. The van der Waals surface area contributed by atoms with E-state index >= 15 is 0 Å². The Hall–Kier alpha value is -0.390. The van der Waals surface area contributed by atoms with Crippen molar-refractivity contribution in [3.63, 3.8) is 0 Å². The minimum Gasteiger partial charge on any atom is -0.314 e. The summed E-state index contributed by atoms with van der Waals surface area (Å²) in [7, 11) is 0. The van der Waals surface area contributed by atoms with E-state index < -0.39 is 0 Å². The molecule has 1 atom stereocenters. The Morgan fingerprint density at radius 3 is 2.76 bits per heavy atom. The summed E-state index contributed by atoms with van der Waals surface area (Å²) in [5, 5.41) is 8.34. The third-order valence-electron chi connectivity index (χ3n) is 5.26. The molecule has 0 bridgehead atoms. The SMILES string of the molecule is CCc1nn(CC)c(CN2CCNCC2(C)C2CC2)c1Br. The average Bonchev–Trinajstić information content (AvgIpc) is 3.29. The van der Waals surface area contributed by atoms with Gasteiger partial charge in [0.05, 0.1) is 15.9 Å². The Bertz CT molecular complexity index is 509. The van der Waals surface area contributed by atoms with E-state index in [1.165, 1.54) is 28.7 Å². The molecule has 4 nitrogen and oxygen atoms in total. The van der Waals surface area contributed by atoms with Crippen LogP contribution in [0.1, 0.15) is 45.0 Å². The first-order valence-electron chi connectivity index (χ1n) is 8.30. The lowest BCUT2D eigenvalue weighted by Crippen LogP contribution is -2.60. The molecular formula is C16H27BrN4. The lowest BCUT2D eigenvalue weighted by atomic mass is 9.91. The lowest BCUT2D eigenvalue weighted by molar-refractivity contribution is 0.0459. The largest absolute Gasteiger partial charge is 0.314 e. The van der Waals surface area contributed by atoms with Gasteiger partial charge in [-0.1, -0.05) is 6.92 Å². The van der Waals surface area contributed by atoms with Crippen LogP contribution in [0, 0.1) is 5.92 Å². The Morgan fingerprint density at radius 1 is 1.38 bits per heavy atom. The number of hydrogen-bond acceptors (Lipinski definition) is 3. The molecule has 21 heavy (non-hydrogen) atoms. The predicted molar refractivity (Wildman–Crippen MR) is 89.4 cm³/mol. The number of rotatable bonds is 5. The fraction of sp³-hybridized carbons (Fsp3) is 0.812. The van der Waals surface area contributed by atoms with Crippen LogP contribution in [0.5, 0.6) is 0 Å². The normalized spacial score (nSPS) is 27.2. The molecule has 1 N–H and O–H groups in total. The van der Waals surface area contributed by atoms with Crippen LogP contribution in [0.2, 0.25) is 0 Å². The van der Waals surface area contributed by atoms with Crippen LogP contribution in [0.4, 0.5) is 0 Å². The molecule has 2 fully saturated rings. The molecule has 1 unspecified atom stereocenters. The van der Waals surface area contributed by atoms with Crippen LogP contribution in [0.15, 0.2) is 4.47 Å². The summed E-state index contributed by atoms with van der Waals surface area (Å²) < 4.78 is 3.40. The second kappa shape index (κ2) is 6.01. The average molecular weight is 355 g/mol. The number of aryl methyl sites for hydroxylation is 2. The van der Waals surface area contributed by atoms with Gasteiger partial charge in [-0.15, -0.1) is 0 Å². The van der Waals surface area contributed by atoms with Crippen LogP contribution in [0.25, 0.3) is 0 Å². The monoisotopic (exact) mass is 354 g/mol. The molecule has 0 radical (unpaired) electrons. The second-order valence-corrected chi connectivity index (χ2v) is 7.40. The van der Waals surface area contributed by atoms with Gasteiger partial charge in [0.1, 0.15) is 0 Å². The summed E-state index contributed by atoms with van der Waals surface area (Å²) in [4.78, 5) is 2.69. The zero-order valence-electron chi connectivity index (χ0n) is 13.5. The van der Waals surface area contributed by atoms with Crippen molar-refractivity contribution in [2.45, 2.75) is 58.7 Å². The number of aromatic nitrogens is 2. The third kappa shape index (κ3) is 2.80. The fourth-order valence-electron chi connectivity index (χ4n) is 3.64. The van der Waals surface area contributed by atoms with E-state index in [0.29, 0.717) is 5.54 Å². The Balaban J connectivity index is 1.86. The summed E-state index contributed by atoms with van der Waals surface area (Å²) in [6, 6.07) is 0. The highest BCUT2D eigenvalue weighted by atomic mass is 79.9. The topological polar surface area (TPSA) is 33.1 Å². The van der Waals surface area contributed by atoms with Crippen molar-refractivity contribution < 1.29 is 0 Å². The first-order valence-corrected chi connectivity index (χ1v) is 9.09.